The monoisotopic (exact) mass is 220 g/mol. The summed E-state index contributed by atoms with van der Waals surface area (Å²) in [6.07, 6.45) is 4.93. The van der Waals surface area contributed by atoms with Crippen LogP contribution in [0.15, 0.2) is 11.5 Å². The first-order chi connectivity index (χ1) is 7.32. The molecular formula is C13H25BN2. The van der Waals surface area contributed by atoms with Crippen LogP contribution in [-0.2, 0) is 0 Å². The van der Waals surface area contributed by atoms with Gasteiger partial charge in [-0.3, -0.25) is 0 Å². The average Bonchev–Trinajstić information content (AvgIpc) is 2.36. The molecule has 0 saturated carbocycles. The zero-order valence-corrected chi connectivity index (χ0v) is 11.4. The molecule has 0 bridgehead atoms. The van der Waals surface area contributed by atoms with Gasteiger partial charge in [-0.1, -0.05) is 25.4 Å². The van der Waals surface area contributed by atoms with Crippen LogP contribution in [0.3, 0.4) is 0 Å². The summed E-state index contributed by atoms with van der Waals surface area (Å²) in [6, 6.07) is 0. The van der Waals surface area contributed by atoms with Crippen LogP contribution >= 0.6 is 0 Å². The minimum absolute atomic E-state index is 0.245. The molecule has 0 aromatic carbocycles. The van der Waals surface area contributed by atoms with Crippen molar-refractivity contribution in [3.63, 3.8) is 0 Å². The summed E-state index contributed by atoms with van der Waals surface area (Å²) < 4.78 is 0. The van der Waals surface area contributed by atoms with Crippen LogP contribution in [0.5, 0.6) is 0 Å². The summed E-state index contributed by atoms with van der Waals surface area (Å²) in [5.74, 6) is 0. The SMILES string of the molecule is CN1CCC=C(B2CC(C)(C)C(C)(C)N2)C1. The molecule has 2 rings (SSSR count). The van der Waals surface area contributed by atoms with Gasteiger partial charge in [0, 0.05) is 18.6 Å². The highest BCUT2D eigenvalue weighted by molar-refractivity contribution is 6.65. The van der Waals surface area contributed by atoms with E-state index in [4.69, 9.17) is 0 Å². The molecule has 0 radical (unpaired) electrons. The maximum absolute atomic E-state index is 3.82. The first-order valence-electron chi connectivity index (χ1n) is 6.47. The van der Waals surface area contributed by atoms with Crippen LogP contribution in [-0.4, -0.2) is 37.4 Å². The van der Waals surface area contributed by atoms with E-state index in [1.807, 2.05) is 0 Å². The van der Waals surface area contributed by atoms with Gasteiger partial charge >= 0.3 is 0 Å². The minimum Gasteiger partial charge on any atom is -0.347 e. The Balaban J connectivity index is 2.11. The molecule has 2 heterocycles. The fourth-order valence-electron chi connectivity index (χ4n) is 2.85. The predicted molar refractivity (Wildman–Crippen MR) is 71.8 cm³/mol. The van der Waals surface area contributed by atoms with Crippen LogP contribution in [0.1, 0.15) is 34.1 Å². The van der Waals surface area contributed by atoms with Crippen molar-refractivity contribution in [1.29, 1.82) is 0 Å². The topological polar surface area (TPSA) is 15.3 Å². The maximum atomic E-state index is 3.82. The fraction of sp³-hybridized carbons (Fsp3) is 0.846. The van der Waals surface area contributed by atoms with Gasteiger partial charge in [-0.15, -0.1) is 0 Å². The lowest BCUT2D eigenvalue weighted by Crippen LogP contribution is -2.47. The quantitative estimate of drug-likeness (QED) is 0.681. The molecule has 1 N–H and O–H groups in total. The molecule has 0 aromatic heterocycles. The van der Waals surface area contributed by atoms with Crippen molar-refractivity contribution in [3.8, 4) is 0 Å². The third-order valence-corrected chi connectivity index (χ3v) is 4.76. The largest absolute Gasteiger partial charge is 0.347 e. The molecule has 2 aliphatic rings. The van der Waals surface area contributed by atoms with E-state index < -0.39 is 0 Å². The molecule has 16 heavy (non-hydrogen) atoms. The molecule has 0 atom stereocenters. The number of likely N-dealkylation sites (N-methyl/N-ethyl adjacent to an activating group) is 1. The van der Waals surface area contributed by atoms with Gasteiger partial charge in [0.15, 0.2) is 0 Å². The molecule has 0 aromatic rings. The van der Waals surface area contributed by atoms with Crippen molar-refractivity contribution >= 4 is 6.85 Å². The van der Waals surface area contributed by atoms with E-state index in [9.17, 15) is 0 Å². The lowest BCUT2D eigenvalue weighted by Gasteiger charge is -2.35. The van der Waals surface area contributed by atoms with Gasteiger partial charge in [-0.05, 0) is 39.1 Å². The molecule has 0 amide bonds. The molecular weight excluding hydrogens is 195 g/mol. The van der Waals surface area contributed by atoms with Gasteiger partial charge in [0.1, 0.15) is 0 Å². The summed E-state index contributed by atoms with van der Waals surface area (Å²) in [4.78, 5) is 2.43. The number of nitrogens with zero attached hydrogens (tertiary/aromatic N) is 1. The van der Waals surface area contributed by atoms with Crippen molar-refractivity contribution < 1.29 is 0 Å². The molecule has 0 unspecified atom stereocenters. The molecule has 1 saturated heterocycles. The van der Waals surface area contributed by atoms with Gasteiger partial charge in [0.2, 0.25) is 0 Å². The van der Waals surface area contributed by atoms with Crippen LogP contribution in [0, 0.1) is 5.41 Å². The predicted octanol–water partition coefficient (Wildman–Crippen LogP) is 2.19. The van der Waals surface area contributed by atoms with E-state index in [0.717, 1.165) is 6.54 Å². The number of nitrogens with one attached hydrogen (secondary N) is 1. The number of rotatable bonds is 1. The molecule has 2 aliphatic heterocycles. The number of hydrogen-bond donors (Lipinski definition) is 1. The van der Waals surface area contributed by atoms with E-state index >= 15 is 0 Å². The van der Waals surface area contributed by atoms with Crippen LogP contribution in [0.2, 0.25) is 6.32 Å². The second-order valence-corrected chi connectivity index (χ2v) is 6.72. The van der Waals surface area contributed by atoms with Crippen LogP contribution in [0.25, 0.3) is 0 Å². The highest BCUT2D eigenvalue weighted by Crippen LogP contribution is 2.42. The first kappa shape index (κ1) is 12.2. The van der Waals surface area contributed by atoms with Gasteiger partial charge in [-0.25, -0.2) is 0 Å². The highest BCUT2D eigenvalue weighted by Gasteiger charge is 2.48. The summed E-state index contributed by atoms with van der Waals surface area (Å²) in [5, 5.41) is 3.82. The Morgan fingerprint density at radius 3 is 2.50 bits per heavy atom. The molecule has 2 nitrogen and oxygen atoms in total. The third-order valence-electron chi connectivity index (χ3n) is 4.76. The van der Waals surface area contributed by atoms with E-state index in [2.05, 4.69) is 50.9 Å². The Hall–Kier alpha value is -0.275. The summed E-state index contributed by atoms with van der Waals surface area (Å²) in [6.45, 7) is 12.4. The molecule has 1 fully saturated rings. The van der Waals surface area contributed by atoms with E-state index in [0.29, 0.717) is 12.3 Å². The number of hydrogen-bond acceptors (Lipinski definition) is 2. The molecule has 0 spiro atoms. The Morgan fingerprint density at radius 2 is 2.00 bits per heavy atom. The second kappa shape index (κ2) is 3.88. The zero-order valence-electron chi connectivity index (χ0n) is 11.4. The standard InChI is InChI=1S/C13H25BN2/c1-12(2)10-14(15-13(12,3)4)11-7-6-8-16(5)9-11/h7,15H,6,8-10H2,1-5H3. The maximum Gasteiger partial charge on any atom is 0.252 e. The fourth-order valence-corrected chi connectivity index (χ4v) is 2.85. The normalized spacial score (nSPS) is 29.3. The first-order valence-corrected chi connectivity index (χ1v) is 6.47. The van der Waals surface area contributed by atoms with Crippen molar-refractivity contribution in [2.24, 2.45) is 5.41 Å². The zero-order chi connectivity index (χ0) is 12.0. The third kappa shape index (κ3) is 2.08. The van der Waals surface area contributed by atoms with Gasteiger partial charge in [0.25, 0.3) is 6.85 Å². The smallest absolute Gasteiger partial charge is 0.252 e. The molecule has 0 aliphatic carbocycles. The van der Waals surface area contributed by atoms with Crippen molar-refractivity contribution in [1.82, 2.24) is 10.1 Å². The Morgan fingerprint density at radius 1 is 1.31 bits per heavy atom. The molecule has 90 valence electrons. The van der Waals surface area contributed by atoms with E-state index in [1.54, 1.807) is 5.47 Å². The van der Waals surface area contributed by atoms with E-state index in [1.165, 1.54) is 19.3 Å². The highest BCUT2D eigenvalue weighted by atomic mass is 15.1. The average molecular weight is 220 g/mol. The van der Waals surface area contributed by atoms with Gasteiger partial charge in [-0.2, -0.15) is 0 Å². The van der Waals surface area contributed by atoms with Gasteiger partial charge < -0.3 is 10.1 Å². The Labute approximate surface area is 101 Å². The minimum atomic E-state index is 0.245. The van der Waals surface area contributed by atoms with Crippen molar-refractivity contribution in [2.75, 3.05) is 20.1 Å². The Bertz CT molecular complexity index is 291. The second-order valence-electron chi connectivity index (χ2n) is 6.72. The molecule has 3 heteroatoms. The van der Waals surface area contributed by atoms with Gasteiger partial charge in [0.05, 0.1) is 0 Å². The lowest BCUT2D eigenvalue weighted by atomic mass is 9.50. The lowest BCUT2D eigenvalue weighted by molar-refractivity contribution is 0.236. The summed E-state index contributed by atoms with van der Waals surface area (Å²) in [5.41, 5.74) is 2.23. The van der Waals surface area contributed by atoms with Crippen LogP contribution < -0.4 is 5.23 Å². The van der Waals surface area contributed by atoms with Crippen molar-refractivity contribution in [3.05, 3.63) is 11.5 Å². The Kier molecular flexibility index (Phi) is 2.96. The summed E-state index contributed by atoms with van der Waals surface area (Å²) >= 11 is 0. The van der Waals surface area contributed by atoms with Crippen molar-refractivity contribution in [2.45, 2.75) is 46.0 Å². The van der Waals surface area contributed by atoms with Crippen LogP contribution in [0.4, 0.5) is 0 Å². The summed E-state index contributed by atoms with van der Waals surface area (Å²) in [7, 11) is 2.22. The van der Waals surface area contributed by atoms with E-state index in [-0.39, 0.29) is 5.54 Å².